The molecule has 0 bridgehead atoms. The quantitative estimate of drug-likeness (QED) is 0.746. The number of aliphatic carboxylic acids is 1. The lowest BCUT2D eigenvalue weighted by atomic mass is 10.3. The van der Waals surface area contributed by atoms with Gasteiger partial charge in [0.25, 0.3) is 0 Å². The van der Waals surface area contributed by atoms with Gasteiger partial charge in [-0.25, -0.2) is 0 Å². The number of carboxylic acids is 1. The fourth-order valence-corrected chi connectivity index (χ4v) is 4.19. The predicted molar refractivity (Wildman–Crippen MR) is 93.8 cm³/mol. The molecule has 24 heavy (non-hydrogen) atoms. The summed E-state index contributed by atoms with van der Waals surface area (Å²) in [6, 6.07) is 28.5. The van der Waals surface area contributed by atoms with E-state index in [1.165, 1.54) is 14.7 Å². The Hall–Kier alpha value is -2.72. The number of benzene rings is 3. The minimum Gasteiger partial charge on any atom is -0.550 e. The molecule has 0 spiro atoms. The van der Waals surface area contributed by atoms with E-state index in [9.17, 15) is 5.11 Å². The number of hydrogen-bond donors (Lipinski definition) is 1. The summed E-state index contributed by atoms with van der Waals surface area (Å²) in [5.41, 5.74) is 0. The summed E-state index contributed by atoms with van der Waals surface area (Å²) < 4.78 is 0. The summed E-state index contributed by atoms with van der Waals surface area (Å²) >= 11 is 0. The Bertz CT molecular complexity index is 712. The van der Waals surface area contributed by atoms with Crippen LogP contribution in [0, 0.1) is 0 Å². The molecular formula is C20H18O3S. The highest BCUT2D eigenvalue weighted by atomic mass is 32.2. The number of aromatic hydroxyl groups is 1. The number of phenolic OH excluding ortho intramolecular Hbond substituents is 1. The highest BCUT2D eigenvalue weighted by Crippen LogP contribution is 2.31. The molecule has 4 heteroatoms. The predicted octanol–water partition coefficient (Wildman–Crippen LogP) is 3.24. The average molecular weight is 338 g/mol. The molecule has 0 aliphatic carbocycles. The van der Waals surface area contributed by atoms with Crippen molar-refractivity contribution >= 4 is 16.9 Å². The molecule has 0 unspecified atom stereocenters. The Morgan fingerprint density at radius 2 is 1.08 bits per heavy atom. The molecule has 3 aromatic carbocycles. The molecule has 0 amide bonds. The van der Waals surface area contributed by atoms with Crippen LogP contribution in [-0.4, -0.2) is 11.1 Å². The molecule has 3 rings (SSSR count). The Kier molecular flexibility index (Phi) is 6.46. The van der Waals surface area contributed by atoms with E-state index in [1.807, 2.05) is 24.3 Å². The maximum atomic E-state index is 9.48. The van der Waals surface area contributed by atoms with Gasteiger partial charge in [-0.15, -0.1) is 0 Å². The zero-order valence-electron chi connectivity index (χ0n) is 13.3. The topological polar surface area (TPSA) is 60.4 Å². The van der Waals surface area contributed by atoms with E-state index in [0.29, 0.717) is 5.75 Å². The van der Waals surface area contributed by atoms with Crippen molar-refractivity contribution in [3.8, 4) is 5.75 Å². The first-order valence-electron chi connectivity index (χ1n) is 7.39. The second-order valence-corrected chi connectivity index (χ2v) is 6.94. The third-order valence-electron chi connectivity index (χ3n) is 3.03. The summed E-state index contributed by atoms with van der Waals surface area (Å²) in [6.07, 6.45) is 0. The van der Waals surface area contributed by atoms with Gasteiger partial charge in [-0.05, 0) is 55.5 Å². The fraction of sp³-hybridized carbons (Fsp3) is 0.0500. The number of phenols is 1. The lowest BCUT2D eigenvalue weighted by Gasteiger charge is -2.07. The van der Waals surface area contributed by atoms with Crippen molar-refractivity contribution < 1.29 is 15.0 Å². The number of carbonyl (C=O) groups is 1. The van der Waals surface area contributed by atoms with Crippen molar-refractivity contribution in [2.45, 2.75) is 21.6 Å². The lowest BCUT2D eigenvalue weighted by molar-refractivity contribution is -0.302. The van der Waals surface area contributed by atoms with Crippen LogP contribution in [0.2, 0.25) is 0 Å². The third kappa shape index (κ3) is 5.18. The normalized spacial score (nSPS) is 9.92. The molecule has 122 valence electrons. The molecule has 0 aliphatic rings. The Labute approximate surface area is 144 Å². The van der Waals surface area contributed by atoms with Crippen LogP contribution in [0.25, 0.3) is 0 Å². The monoisotopic (exact) mass is 338 g/mol. The molecule has 0 saturated heterocycles. The molecule has 0 fully saturated rings. The van der Waals surface area contributed by atoms with Crippen LogP contribution in [0.1, 0.15) is 6.92 Å². The van der Waals surface area contributed by atoms with E-state index in [2.05, 4.69) is 48.5 Å². The molecule has 3 nitrogen and oxygen atoms in total. The largest absolute Gasteiger partial charge is 0.550 e. The number of carbonyl (C=O) groups excluding carboxylic acids is 1. The van der Waals surface area contributed by atoms with Gasteiger partial charge in [0.1, 0.15) is 5.75 Å². The van der Waals surface area contributed by atoms with E-state index < -0.39 is 5.97 Å². The number of hydrogen-bond acceptors (Lipinski definition) is 3. The Morgan fingerprint density at radius 1 is 0.750 bits per heavy atom. The van der Waals surface area contributed by atoms with Gasteiger partial charge in [0.15, 0.2) is 14.7 Å². The summed E-state index contributed by atoms with van der Waals surface area (Å²) in [7, 11) is -0.134. The first kappa shape index (κ1) is 17.6. The SMILES string of the molecule is CC(=O)[O-].Oc1ccc([S+](c2ccccc2)c2ccccc2)cc1. The molecule has 0 heterocycles. The third-order valence-corrected chi connectivity index (χ3v) is 5.26. The summed E-state index contributed by atoms with van der Waals surface area (Å²) in [6.45, 7) is 0.972. The molecular weight excluding hydrogens is 320 g/mol. The molecule has 0 saturated carbocycles. The van der Waals surface area contributed by atoms with Crippen molar-refractivity contribution in [2.75, 3.05) is 0 Å². The minimum absolute atomic E-state index is 0.134. The Balaban J connectivity index is 0.000000471. The van der Waals surface area contributed by atoms with Gasteiger partial charge < -0.3 is 15.0 Å². The highest BCUT2D eigenvalue weighted by Gasteiger charge is 2.27. The van der Waals surface area contributed by atoms with Gasteiger partial charge in [-0.3, -0.25) is 0 Å². The summed E-state index contributed by atoms with van der Waals surface area (Å²) in [5, 5.41) is 18.4. The van der Waals surface area contributed by atoms with Crippen LogP contribution in [0.5, 0.6) is 5.75 Å². The molecule has 0 aromatic heterocycles. The minimum atomic E-state index is -1.08. The van der Waals surface area contributed by atoms with Gasteiger partial charge in [0, 0.05) is 5.97 Å². The molecule has 3 aromatic rings. The van der Waals surface area contributed by atoms with E-state index in [0.717, 1.165) is 6.92 Å². The Morgan fingerprint density at radius 3 is 1.46 bits per heavy atom. The maximum Gasteiger partial charge on any atom is 0.166 e. The summed E-state index contributed by atoms with van der Waals surface area (Å²) in [5.74, 6) is -0.779. The first-order valence-corrected chi connectivity index (χ1v) is 8.61. The van der Waals surface area contributed by atoms with Crippen molar-refractivity contribution in [1.29, 1.82) is 0 Å². The second-order valence-electron chi connectivity index (χ2n) is 4.92. The van der Waals surface area contributed by atoms with Crippen LogP contribution in [-0.2, 0) is 15.7 Å². The van der Waals surface area contributed by atoms with Crippen LogP contribution in [0.15, 0.2) is 99.6 Å². The second kappa shape index (κ2) is 8.79. The maximum absolute atomic E-state index is 9.48. The zero-order valence-corrected chi connectivity index (χ0v) is 14.1. The van der Waals surface area contributed by atoms with Crippen LogP contribution < -0.4 is 5.11 Å². The standard InChI is InChI=1S/C18H14OS.C2H4O2/c19-15-11-13-18(14-12-15)20(16-7-3-1-4-8-16)17-9-5-2-6-10-17;1-2(3)4/h1-14H;1H3,(H,3,4). The van der Waals surface area contributed by atoms with Gasteiger partial charge >= 0.3 is 0 Å². The van der Waals surface area contributed by atoms with Gasteiger partial charge in [0.05, 0.1) is 10.9 Å². The number of carboxylic acid groups (broad SMARTS) is 1. The van der Waals surface area contributed by atoms with Crippen LogP contribution in [0.4, 0.5) is 0 Å². The van der Waals surface area contributed by atoms with Gasteiger partial charge in [-0.1, -0.05) is 36.4 Å². The van der Waals surface area contributed by atoms with Crippen molar-refractivity contribution in [3.05, 3.63) is 84.9 Å². The lowest BCUT2D eigenvalue weighted by Crippen LogP contribution is -2.16. The van der Waals surface area contributed by atoms with Gasteiger partial charge in [-0.2, -0.15) is 0 Å². The smallest absolute Gasteiger partial charge is 0.166 e. The van der Waals surface area contributed by atoms with Gasteiger partial charge in [0.2, 0.25) is 0 Å². The van der Waals surface area contributed by atoms with Crippen molar-refractivity contribution in [1.82, 2.24) is 0 Å². The van der Waals surface area contributed by atoms with Crippen LogP contribution in [0.3, 0.4) is 0 Å². The highest BCUT2D eigenvalue weighted by molar-refractivity contribution is 7.97. The van der Waals surface area contributed by atoms with E-state index in [4.69, 9.17) is 9.90 Å². The fourth-order valence-electron chi connectivity index (χ4n) is 2.10. The molecule has 0 atom stereocenters. The van der Waals surface area contributed by atoms with E-state index in [-0.39, 0.29) is 10.9 Å². The van der Waals surface area contributed by atoms with Crippen LogP contribution >= 0.6 is 0 Å². The van der Waals surface area contributed by atoms with Crippen molar-refractivity contribution in [3.63, 3.8) is 0 Å². The summed E-state index contributed by atoms with van der Waals surface area (Å²) in [4.78, 5) is 12.7. The first-order chi connectivity index (χ1) is 11.6. The molecule has 0 radical (unpaired) electrons. The molecule has 1 N–H and O–H groups in total. The van der Waals surface area contributed by atoms with E-state index in [1.54, 1.807) is 12.1 Å². The van der Waals surface area contributed by atoms with Crippen molar-refractivity contribution in [2.24, 2.45) is 0 Å². The number of rotatable bonds is 3. The average Bonchev–Trinajstić information content (AvgIpc) is 2.58. The zero-order chi connectivity index (χ0) is 17.4. The molecule has 0 aliphatic heterocycles. The van der Waals surface area contributed by atoms with E-state index >= 15 is 0 Å².